The Labute approximate surface area is 115 Å². The van der Waals surface area contributed by atoms with Gasteiger partial charge >= 0.3 is 5.97 Å². The molecule has 0 fully saturated rings. The van der Waals surface area contributed by atoms with Crippen molar-refractivity contribution in [3.8, 4) is 0 Å². The van der Waals surface area contributed by atoms with Crippen LogP contribution in [0, 0.1) is 12.7 Å². The summed E-state index contributed by atoms with van der Waals surface area (Å²) in [5.41, 5.74) is 0.870. The first kappa shape index (κ1) is 13.9. The second kappa shape index (κ2) is 6.10. The summed E-state index contributed by atoms with van der Waals surface area (Å²) in [4.78, 5) is 19.4. The van der Waals surface area contributed by atoms with E-state index in [1.54, 1.807) is 24.3 Å². The summed E-state index contributed by atoms with van der Waals surface area (Å²) in [6.45, 7) is 1.53. The van der Waals surface area contributed by atoms with E-state index in [4.69, 9.17) is 4.74 Å². The number of nitrogens with one attached hydrogen (secondary N) is 1. The highest BCUT2D eigenvalue weighted by atomic mass is 19.1. The number of carbonyl (C=O) groups is 1. The molecule has 0 saturated heterocycles. The predicted molar refractivity (Wildman–Crippen MR) is 71.5 cm³/mol. The van der Waals surface area contributed by atoms with Crippen molar-refractivity contribution in [3.63, 3.8) is 0 Å². The molecule has 0 aliphatic heterocycles. The third-order valence-electron chi connectivity index (χ3n) is 2.81. The smallest absolute Gasteiger partial charge is 0.333 e. The molecule has 1 N–H and O–H groups in total. The lowest BCUT2D eigenvalue weighted by Gasteiger charge is -2.17. The van der Waals surface area contributed by atoms with Crippen molar-refractivity contribution < 1.29 is 13.9 Å². The average Bonchev–Trinajstić information content (AvgIpc) is 2.49. The van der Waals surface area contributed by atoms with E-state index in [-0.39, 0.29) is 11.5 Å². The van der Waals surface area contributed by atoms with Crippen LogP contribution in [0.5, 0.6) is 0 Å². The van der Waals surface area contributed by atoms with Gasteiger partial charge in [-0.25, -0.2) is 19.2 Å². The number of aromatic nitrogens is 2. The summed E-state index contributed by atoms with van der Waals surface area (Å²) in [6.07, 6.45) is 1.24. The summed E-state index contributed by atoms with van der Waals surface area (Å²) in [7, 11) is 1.28. The van der Waals surface area contributed by atoms with Crippen LogP contribution in [-0.4, -0.2) is 23.0 Å². The van der Waals surface area contributed by atoms with Crippen LogP contribution in [0.1, 0.15) is 17.3 Å². The number of benzene rings is 1. The van der Waals surface area contributed by atoms with Crippen LogP contribution in [-0.2, 0) is 9.53 Å². The Bertz CT molecular complexity index is 605. The maximum Gasteiger partial charge on any atom is 0.333 e. The van der Waals surface area contributed by atoms with Crippen molar-refractivity contribution in [1.82, 2.24) is 9.97 Å². The Morgan fingerprint density at radius 3 is 2.65 bits per heavy atom. The van der Waals surface area contributed by atoms with Crippen LogP contribution in [0.3, 0.4) is 0 Å². The Balaban J connectivity index is 2.34. The van der Waals surface area contributed by atoms with Gasteiger partial charge in [-0.05, 0) is 12.5 Å². The van der Waals surface area contributed by atoms with Gasteiger partial charge in [0.15, 0.2) is 17.7 Å². The number of carbonyl (C=O) groups excluding carboxylic acids is 1. The summed E-state index contributed by atoms with van der Waals surface area (Å²) in [5.74, 6) is -1.14. The molecular weight excluding hydrogens is 261 g/mol. The number of methoxy groups -OCH3 is 1. The lowest BCUT2D eigenvalue weighted by molar-refractivity contribution is -0.141. The molecule has 2 aromatic rings. The molecule has 0 spiro atoms. The number of ether oxygens (including phenoxy) is 1. The Morgan fingerprint density at radius 2 is 2.00 bits per heavy atom. The van der Waals surface area contributed by atoms with Gasteiger partial charge in [0.2, 0.25) is 0 Å². The summed E-state index contributed by atoms with van der Waals surface area (Å²) >= 11 is 0. The van der Waals surface area contributed by atoms with Crippen LogP contribution in [0.4, 0.5) is 10.2 Å². The van der Waals surface area contributed by atoms with Crippen LogP contribution in [0.2, 0.25) is 0 Å². The summed E-state index contributed by atoms with van der Waals surface area (Å²) in [5, 5.41) is 2.75. The van der Waals surface area contributed by atoms with Crippen molar-refractivity contribution in [2.45, 2.75) is 13.0 Å². The zero-order valence-corrected chi connectivity index (χ0v) is 11.1. The molecule has 1 aromatic carbocycles. The normalized spacial score (nSPS) is 11.8. The second-order valence-corrected chi connectivity index (χ2v) is 4.13. The van der Waals surface area contributed by atoms with Gasteiger partial charge in [-0.3, -0.25) is 0 Å². The number of esters is 1. The number of nitrogens with zero attached hydrogens (tertiary/aromatic N) is 2. The Hall–Kier alpha value is -2.50. The minimum atomic E-state index is -0.829. The largest absolute Gasteiger partial charge is 0.467 e. The third-order valence-corrected chi connectivity index (χ3v) is 2.81. The molecular formula is C14H14FN3O2. The average molecular weight is 275 g/mol. The van der Waals surface area contributed by atoms with Gasteiger partial charge in [0.25, 0.3) is 0 Å². The van der Waals surface area contributed by atoms with Crippen LogP contribution in [0.15, 0.2) is 36.7 Å². The quantitative estimate of drug-likeness (QED) is 0.867. The number of aryl methyl sites for hydroxylation is 1. The van der Waals surface area contributed by atoms with Crippen molar-refractivity contribution in [3.05, 3.63) is 53.7 Å². The molecule has 1 aromatic heterocycles. The molecule has 0 aliphatic carbocycles. The number of anilines is 1. The van der Waals surface area contributed by atoms with Crippen molar-refractivity contribution >= 4 is 11.8 Å². The highest BCUT2D eigenvalue weighted by Crippen LogP contribution is 2.21. The fourth-order valence-corrected chi connectivity index (χ4v) is 1.74. The lowest BCUT2D eigenvalue weighted by Crippen LogP contribution is -2.23. The van der Waals surface area contributed by atoms with Crippen molar-refractivity contribution in [1.29, 1.82) is 0 Å². The zero-order valence-electron chi connectivity index (χ0n) is 11.1. The fraction of sp³-hybridized carbons (Fsp3) is 0.214. The van der Waals surface area contributed by atoms with Crippen molar-refractivity contribution in [2.24, 2.45) is 0 Å². The van der Waals surface area contributed by atoms with Gasteiger partial charge in [0.05, 0.1) is 12.8 Å². The molecule has 0 radical (unpaired) electrons. The molecule has 104 valence electrons. The first-order chi connectivity index (χ1) is 9.63. The fourth-order valence-electron chi connectivity index (χ4n) is 1.74. The van der Waals surface area contributed by atoms with E-state index >= 15 is 0 Å². The highest BCUT2D eigenvalue weighted by molar-refractivity contribution is 5.80. The van der Waals surface area contributed by atoms with E-state index < -0.39 is 17.8 Å². The van der Waals surface area contributed by atoms with E-state index in [1.807, 2.05) is 6.07 Å². The van der Waals surface area contributed by atoms with Gasteiger partial charge in [-0.1, -0.05) is 30.3 Å². The molecule has 0 saturated carbocycles. The molecule has 6 heteroatoms. The maximum absolute atomic E-state index is 13.9. The number of hydrogen-bond donors (Lipinski definition) is 1. The van der Waals surface area contributed by atoms with E-state index in [9.17, 15) is 9.18 Å². The molecule has 5 nitrogen and oxygen atoms in total. The van der Waals surface area contributed by atoms with Crippen LogP contribution in [0.25, 0.3) is 0 Å². The lowest BCUT2D eigenvalue weighted by atomic mass is 10.1. The van der Waals surface area contributed by atoms with Gasteiger partial charge in [-0.15, -0.1) is 0 Å². The monoisotopic (exact) mass is 275 g/mol. The van der Waals surface area contributed by atoms with Gasteiger partial charge in [-0.2, -0.15) is 0 Å². The number of halogens is 1. The topological polar surface area (TPSA) is 64.1 Å². The van der Waals surface area contributed by atoms with Gasteiger partial charge < -0.3 is 10.1 Å². The number of hydrogen-bond acceptors (Lipinski definition) is 5. The second-order valence-electron chi connectivity index (χ2n) is 4.13. The summed E-state index contributed by atoms with van der Waals surface area (Å²) < 4.78 is 18.6. The molecule has 0 aliphatic rings. The summed E-state index contributed by atoms with van der Waals surface area (Å²) in [6, 6.07) is 8.07. The van der Waals surface area contributed by atoms with Crippen LogP contribution >= 0.6 is 0 Å². The molecule has 0 amide bonds. The number of rotatable bonds is 4. The first-order valence-corrected chi connectivity index (χ1v) is 6.00. The zero-order chi connectivity index (χ0) is 14.5. The molecule has 1 unspecified atom stereocenters. The van der Waals surface area contributed by atoms with E-state index in [1.165, 1.54) is 20.4 Å². The third kappa shape index (κ3) is 2.90. The SMILES string of the molecule is COC(=O)C(Nc1ncnc(C)c1F)c1ccccc1. The van der Waals surface area contributed by atoms with Crippen LogP contribution < -0.4 is 5.32 Å². The highest BCUT2D eigenvalue weighted by Gasteiger charge is 2.23. The van der Waals surface area contributed by atoms with Gasteiger partial charge in [0.1, 0.15) is 6.33 Å². The molecule has 0 bridgehead atoms. The molecule has 2 rings (SSSR count). The van der Waals surface area contributed by atoms with E-state index in [0.29, 0.717) is 5.56 Å². The Morgan fingerprint density at radius 1 is 1.30 bits per heavy atom. The van der Waals surface area contributed by atoms with E-state index in [2.05, 4.69) is 15.3 Å². The van der Waals surface area contributed by atoms with Gasteiger partial charge in [0, 0.05) is 0 Å². The predicted octanol–water partition coefficient (Wildman–Crippen LogP) is 2.25. The standard InChI is InChI=1S/C14H14FN3O2/c1-9-11(15)13(17-8-16-9)18-12(14(19)20-2)10-6-4-3-5-7-10/h3-8,12H,1-2H3,(H,16,17,18). The minimum Gasteiger partial charge on any atom is -0.467 e. The maximum atomic E-state index is 13.9. The van der Waals surface area contributed by atoms with Crippen molar-refractivity contribution in [2.75, 3.05) is 12.4 Å². The molecule has 20 heavy (non-hydrogen) atoms. The Kier molecular flexibility index (Phi) is 4.24. The first-order valence-electron chi connectivity index (χ1n) is 6.00. The molecule has 1 heterocycles. The minimum absolute atomic E-state index is 0.0308. The van der Waals surface area contributed by atoms with E-state index in [0.717, 1.165) is 0 Å². The molecule has 1 atom stereocenters.